The van der Waals surface area contributed by atoms with Crippen molar-refractivity contribution in [3.8, 4) is 11.5 Å². The highest BCUT2D eigenvalue weighted by molar-refractivity contribution is 6.31. The molecule has 0 aliphatic carbocycles. The van der Waals surface area contributed by atoms with Gasteiger partial charge in [-0.15, -0.1) is 0 Å². The first-order valence-corrected chi connectivity index (χ1v) is 12.5. The van der Waals surface area contributed by atoms with Crippen LogP contribution < -0.4 is 9.47 Å². The van der Waals surface area contributed by atoms with Gasteiger partial charge in [-0.25, -0.2) is 0 Å². The molecule has 1 fully saturated rings. The highest BCUT2D eigenvalue weighted by Crippen LogP contribution is 2.43. The molecule has 186 valence electrons. The molecule has 2 atom stereocenters. The van der Waals surface area contributed by atoms with E-state index in [1.807, 2.05) is 71.6 Å². The van der Waals surface area contributed by atoms with E-state index in [0.717, 1.165) is 22.3 Å². The van der Waals surface area contributed by atoms with Gasteiger partial charge in [0.1, 0.15) is 0 Å². The highest BCUT2D eigenvalue weighted by atomic mass is 35.5. The minimum absolute atomic E-state index is 0.00955. The molecule has 2 aliphatic rings. The van der Waals surface area contributed by atoms with Gasteiger partial charge in [-0.1, -0.05) is 60.1 Å². The van der Waals surface area contributed by atoms with Crippen LogP contribution in [0.3, 0.4) is 0 Å². The second-order valence-corrected chi connectivity index (χ2v) is 9.68. The molecule has 0 saturated carbocycles. The molecule has 36 heavy (non-hydrogen) atoms. The minimum Gasteiger partial charge on any atom is -0.493 e. The summed E-state index contributed by atoms with van der Waals surface area (Å²) >= 11 is 6.67. The van der Waals surface area contributed by atoms with Crippen LogP contribution in [0, 0.1) is 5.92 Å². The predicted molar refractivity (Wildman–Crippen MR) is 138 cm³/mol. The molecule has 5 rings (SSSR count). The highest BCUT2D eigenvalue weighted by Gasteiger charge is 2.41. The van der Waals surface area contributed by atoms with Crippen molar-refractivity contribution in [3.63, 3.8) is 0 Å². The Hall–Kier alpha value is -3.51. The Bertz CT molecular complexity index is 1280. The fourth-order valence-corrected chi connectivity index (χ4v) is 5.58. The molecule has 3 aromatic rings. The first-order chi connectivity index (χ1) is 17.5. The van der Waals surface area contributed by atoms with Crippen LogP contribution >= 0.6 is 11.6 Å². The average molecular weight is 505 g/mol. The van der Waals surface area contributed by atoms with Gasteiger partial charge >= 0.3 is 0 Å². The maximum Gasteiger partial charge on any atom is 0.228 e. The maximum atomic E-state index is 14.0. The first-order valence-electron chi connectivity index (χ1n) is 12.1. The van der Waals surface area contributed by atoms with E-state index in [1.165, 1.54) is 0 Å². The number of hydrogen-bond donors (Lipinski definition) is 0. The van der Waals surface area contributed by atoms with Gasteiger partial charge in [-0.05, 0) is 46.9 Å². The van der Waals surface area contributed by atoms with Gasteiger partial charge in [0.05, 0.1) is 26.2 Å². The molecule has 0 bridgehead atoms. The molecular formula is C29H29ClN2O4. The van der Waals surface area contributed by atoms with Crippen molar-refractivity contribution in [1.82, 2.24) is 9.80 Å². The molecule has 6 nitrogen and oxygen atoms in total. The monoisotopic (exact) mass is 504 g/mol. The molecular weight excluding hydrogens is 476 g/mol. The van der Waals surface area contributed by atoms with Gasteiger partial charge in [0.2, 0.25) is 11.8 Å². The molecule has 2 aliphatic heterocycles. The Morgan fingerprint density at radius 3 is 2.39 bits per heavy atom. The van der Waals surface area contributed by atoms with Gasteiger partial charge in [0, 0.05) is 31.1 Å². The third-order valence-corrected chi connectivity index (χ3v) is 7.48. The summed E-state index contributed by atoms with van der Waals surface area (Å²) in [5, 5.41) is 0.594. The van der Waals surface area contributed by atoms with E-state index in [-0.39, 0.29) is 24.3 Å². The number of ether oxygens (including phenoxy) is 2. The SMILES string of the molecule is COc1cc2c(cc1OC)[C@H](c1ccccc1Cl)N(C(=O)[C@@H]1CC(=O)N(Cc3ccccc3)C1)CC2. The number of nitrogens with zero attached hydrogens (tertiary/aromatic N) is 2. The second-order valence-electron chi connectivity index (χ2n) is 9.27. The van der Waals surface area contributed by atoms with Crippen molar-refractivity contribution in [3.05, 3.63) is 94.0 Å². The Kier molecular flexibility index (Phi) is 6.88. The van der Waals surface area contributed by atoms with Crippen LogP contribution in [0.5, 0.6) is 11.5 Å². The summed E-state index contributed by atoms with van der Waals surface area (Å²) < 4.78 is 11.1. The largest absolute Gasteiger partial charge is 0.493 e. The van der Waals surface area contributed by atoms with Crippen molar-refractivity contribution in [1.29, 1.82) is 0 Å². The lowest BCUT2D eigenvalue weighted by Crippen LogP contribution is -2.44. The standard InChI is InChI=1S/C29H29ClN2O4/c1-35-25-14-20-12-13-32(28(23(20)16-26(25)36-2)22-10-6-7-11-24(22)30)29(34)21-15-27(33)31(18-21)17-19-8-4-3-5-9-19/h3-11,14,16,21,28H,12-13,15,17-18H2,1-2H3/t21-,28+/m1/s1. The Morgan fingerprint density at radius 2 is 1.67 bits per heavy atom. The maximum absolute atomic E-state index is 14.0. The number of methoxy groups -OCH3 is 2. The molecule has 0 unspecified atom stereocenters. The van der Waals surface area contributed by atoms with Gasteiger partial charge in [0.15, 0.2) is 11.5 Å². The third-order valence-electron chi connectivity index (χ3n) is 7.14. The summed E-state index contributed by atoms with van der Waals surface area (Å²) in [5.41, 5.74) is 3.97. The summed E-state index contributed by atoms with van der Waals surface area (Å²) in [6.45, 7) is 1.45. The zero-order chi connectivity index (χ0) is 25.2. The molecule has 0 N–H and O–H groups in total. The molecule has 0 radical (unpaired) electrons. The molecule has 7 heteroatoms. The lowest BCUT2D eigenvalue weighted by Gasteiger charge is -2.39. The number of carbonyl (C=O) groups excluding carboxylic acids is 2. The number of carbonyl (C=O) groups is 2. The van der Waals surface area contributed by atoms with Gasteiger partial charge in [-0.3, -0.25) is 9.59 Å². The van der Waals surface area contributed by atoms with E-state index < -0.39 is 5.92 Å². The topological polar surface area (TPSA) is 59.1 Å². The van der Waals surface area contributed by atoms with Crippen molar-refractivity contribution in [2.45, 2.75) is 25.4 Å². The van der Waals surface area contributed by atoms with Crippen LogP contribution in [0.15, 0.2) is 66.7 Å². The summed E-state index contributed by atoms with van der Waals surface area (Å²) in [6.07, 6.45) is 0.896. The van der Waals surface area contributed by atoms with Crippen molar-refractivity contribution in [2.75, 3.05) is 27.3 Å². The molecule has 2 heterocycles. The minimum atomic E-state index is -0.395. The lowest BCUT2D eigenvalue weighted by atomic mass is 9.86. The molecule has 2 amide bonds. The predicted octanol–water partition coefficient (Wildman–Crippen LogP) is 4.88. The number of likely N-dealkylation sites (tertiary alicyclic amines) is 1. The normalized spacial score (nSPS) is 19.2. The van der Waals surface area contributed by atoms with E-state index in [4.69, 9.17) is 21.1 Å². The second kappa shape index (κ2) is 10.2. The van der Waals surface area contributed by atoms with Crippen LogP contribution in [-0.2, 0) is 22.6 Å². The smallest absolute Gasteiger partial charge is 0.228 e. The van der Waals surface area contributed by atoms with Crippen molar-refractivity contribution >= 4 is 23.4 Å². The quantitative estimate of drug-likeness (QED) is 0.480. The van der Waals surface area contributed by atoms with Gasteiger partial charge in [-0.2, -0.15) is 0 Å². The number of benzene rings is 3. The zero-order valence-electron chi connectivity index (χ0n) is 20.4. The Morgan fingerprint density at radius 1 is 0.972 bits per heavy atom. The van der Waals surface area contributed by atoms with E-state index in [0.29, 0.717) is 42.6 Å². The fraction of sp³-hybridized carbons (Fsp3) is 0.310. The van der Waals surface area contributed by atoms with E-state index in [2.05, 4.69) is 0 Å². The molecule has 0 spiro atoms. The first kappa shape index (κ1) is 24.2. The molecule has 1 saturated heterocycles. The van der Waals surface area contributed by atoms with Crippen molar-refractivity contribution < 1.29 is 19.1 Å². The number of halogens is 1. The number of amides is 2. The van der Waals surface area contributed by atoms with Gasteiger partial charge in [0.25, 0.3) is 0 Å². The van der Waals surface area contributed by atoms with Crippen molar-refractivity contribution in [2.24, 2.45) is 5.92 Å². The molecule has 3 aromatic carbocycles. The number of hydrogen-bond acceptors (Lipinski definition) is 4. The van der Waals surface area contributed by atoms with Crippen LogP contribution in [-0.4, -0.2) is 48.9 Å². The number of fused-ring (bicyclic) bond motifs is 1. The van der Waals surface area contributed by atoms with Crippen LogP contribution in [0.25, 0.3) is 0 Å². The fourth-order valence-electron chi connectivity index (χ4n) is 5.34. The van der Waals surface area contributed by atoms with Crippen LogP contribution in [0.4, 0.5) is 0 Å². The van der Waals surface area contributed by atoms with Crippen LogP contribution in [0.2, 0.25) is 5.02 Å². The van der Waals surface area contributed by atoms with E-state index in [1.54, 1.807) is 19.1 Å². The third kappa shape index (κ3) is 4.53. The zero-order valence-corrected chi connectivity index (χ0v) is 21.2. The Labute approximate surface area is 216 Å². The lowest BCUT2D eigenvalue weighted by molar-refractivity contribution is -0.137. The van der Waals surface area contributed by atoms with E-state index in [9.17, 15) is 9.59 Å². The van der Waals surface area contributed by atoms with Crippen LogP contribution in [0.1, 0.15) is 34.7 Å². The summed E-state index contributed by atoms with van der Waals surface area (Å²) in [7, 11) is 3.22. The van der Waals surface area contributed by atoms with Gasteiger partial charge < -0.3 is 19.3 Å². The summed E-state index contributed by atoms with van der Waals surface area (Å²) in [4.78, 5) is 30.5. The summed E-state index contributed by atoms with van der Waals surface area (Å²) in [5.74, 6) is 0.854. The Balaban J connectivity index is 1.48. The average Bonchev–Trinajstić information content (AvgIpc) is 3.27. The number of rotatable bonds is 6. The molecule has 0 aromatic heterocycles. The summed E-state index contributed by atoms with van der Waals surface area (Å²) in [6, 6.07) is 21.0. The van der Waals surface area contributed by atoms with E-state index >= 15 is 0 Å².